The van der Waals surface area contributed by atoms with E-state index in [0.29, 0.717) is 17.4 Å². The van der Waals surface area contributed by atoms with Crippen LogP contribution in [0.25, 0.3) is 0 Å². The molecule has 0 aromatic carbocycles. The van der Waals surface area contributed by atoms with Gasteiger partial charge in [0.25, 0.3) is 5.91 Å². The molecule has 1 aromatic rings. The third-order valence-corrected chi connectivity index (χ3v) is 3.78. The minimum absolute atomic E-state index is 0.445. The molecule has 0 radical (unpaired) electrons. The number of pyridine rings is 1. The third kappa shape index (κ3) is 3.67. The van der Waals surface area contributed by atoms with Gasteiger partial charge < -0.3 is 16.0 Å². The van der Waals surface area contributed by atoms with E-state index in [-0.39, 0.29) is 0 Å². The van der Waals surface area contributed by atoms with E-state index in [9.17, 15) is 4.79 Å². The van der Waals surface area contributed by atoms with Gasteiger partial charge in [-0.1, -0.05) is 12.8 Å². The average molecular weight is 262 g/mol. The normalized spacial score (nSPS) is 15.9. The minimum Gasteiger partial charge on any atom is -0.368 e. The van der Waals surface area contributed by atoms with Crippen molar-refractivity contribution in [2.45, 2.75) is 31.7 Å². The molecule has 3 N–H and O–H groups in total. The number of anilines is 1. The first-order chi connectivity index (χ1) is 9.18. The van der Waals surface area contributed by atoms with E-state index >= 15 is 0 Å². The second kappa shape index (κ2) is 6.52. The van der Waals surface area contributed by atoms with Crippen molar-refractivity contribution >= 4 is 11.7 Å². The Morgan fingerprint density at radius 3 is 2.95 bits per heavy atom. The van der Waals surface area contributed by atoms with Crippen LogP contribution in [0.5, 0.6) is 0 Å². The predicted molar refractivity (Wildman–Crippen MR) is 76.1 cm³/mol. The Balaban J connectivity index is 1.83. The summed E-state index contributed by atoms with van der Waals surface area (Å²) in [7, 11) is 2.16. The summed E-state index contributed by atoms with van der Waals surface area (Å²) in [6.07, 6.45) is 6.94. The molecule has 1 fully saturated rings. The zero-order chi connectivity index (χ0) is 13.7. The van der Waals surface area contributed by atoms with Crippen molar-refractivity contribution in [2.24, 2.45) is 5.73 Å². The number of rotatable bonds is 6. The maximum atomic E-state index is 11.3. The summed E-state index contributed by atoms with van der Waals surface area (Å²) in [6, 6.07) is 4.12. The molecule has 5 nitrogen and oxygen atoms in total. The van der Waals surface area contributed by atoms with Crippen LogP contribution in [0, 0.1) is 0 Å². The van der Waals surface area contributed by atoms with Gasteiger partial charge in [0.2, 0.25) is 0 Å². The lowest BCUT2D eigenvalue weighted by Gasteiger charge is -2.24. The zero-order valence-corrected chi connectivity index (χ0v) is 11.4. The quantitative estimate of drug-likeness (QED) is 0.814. The lowest BCUT2D eigenvalue weighted by Crippen LogP contribution is -2.33. The molecule has 5 heteroatoms. The number of nitrogens with one attached hydrogen (secondary N) is 1. The fraction of sp³-hybridized carbons (Fsp3) is 0.571. The summed E-state index contributed by atoms with van der Waals surface area (Å²) in [6.45, 7) is 1.71. The van der Waals surface area contributed by atoms with Crippen molar-refractivity contribution < 1.29 is 4.79 Å². The molecule has 0 bridgehead atoms. The predicted octanol–water partition coefficient (Wildman–Crippen LogP) is 1.47. The molecule has 0 saturated heterocycles. The largest absolute Gasteiger partial charge is 0.368 e. The smallest absolute Gasteiger partial charge is 0.252 e. The Kier molecular flexibility index (Phi) is 4.74. The van der Waals surface area contributed by atoms with Gasteiger partial charge in [0.05, 0.1) is 5.56 Å². The highest BCUT2D eigenvalue weighted by Crippen LogP contribution is 2.22. The topological polar surface area (TPSA) is 71.2 Å². The lowest BCUT2D eigenvalue weighted by molar-refractivity contribution is 0.100. The van der Waals surface area contributed by atoms with Crippen LogP contribution in [0.2, 0.25) is 0 Å². The summed E-state index contributed by atoms with van der Waals surface area (Å²) in [5, 5.41) is 3.20. The van der Waals surface area contributed by atoms with Crippen LogP contribution < -0.4 is 11.1 Å². The Labute approximate surface area is 114 Å². The molecule has 0 atom stereocenters. The van der Waals surface area contributed by atoms with Crippen LogP contribution in [0.1, 0.15) is 36.0 Å². The van der Waals surface area contributed by atoms with Crippen LogP contribution >= 0.6 is 0 Å². The molecule has 19 heavy (non-hydrogen) atoms. The van der Waals surface area contributed by atoms with Crippen LogP contribution in [-0.4, -0.2) is 42.0 Å². The van der Waals surface area contributed by atoms with Crippen LogP contribution in [-0.2, 0) is 0 Å². The standard InChI is InChI=1S/C14H22N4O/c1-18(11-5-2-3-6-11)10-9-17-14-12(13(15)19)7-4-8-16-14/h4,7-8,11H,2-3,5-6,9-10H2,1H3,(H2,15,19)(H,16,17). The molecule has 104 valence electrons. The Morgan fingerprint density at radius 1 is 1.53 bits per heavy atom. The van der Waals surface area contributed by atoms with Crippen molar-refractivity contribution in [3.8, 4) is 0 Å². The highest BCUT2D eigenvalue weighted by Gasteiger charge is 2.19. The number of aromatic nitrogens is 1. The lowest BCUT2D eigenvalue weighted by atomic mass is 10.2. The Bertz CT molecular complexity index is 429. The second-order valence-electron chi connectivity index (χ2n) is 5.11. The van der Waals surface area contributed by atoms with E-state index in [1.165, 1.54) is 25.7 Å². The molecular formula is C14H22N4O. The van der Waals surface area contributed by atoms with E-state index in [1.807, 2.05) is 0 Å². The first-order valence-electron chi connectivity index (χ1n) is 6.87. The van der Waals surface area contributed by atoms with E-state index in [0.717, 1.165) is 13.1 Å². The van der Waals surface area contributed by atoms with Crippen LogP contribution in [0.3, 0.4) is 0 Å². The van der Waals surface area contributed by atoms with Gasteiger partial charge >= 0.3 is 0 Å². The van der Waals surface area contributed by atoms with Gasteiger partial charge in [-0.3, -0.25) is 4.79 Å². The van der Waals surface area contributed by atoms with Crippen LogP contribution in [0.4, 0.5) is 5.82 Å². The van der Waals surface area contributed by atoms with Gasteiger partial charge in [-0.25, -0.2) is 4.98 Å². The molecule has 1 saturated carbocycles. The number of nitrogens with two attached hydrogens (primary N) is 1. The van der Waals surface area contributed by atoms with Crippen molar-refractivity contribution in [3.05, 3.63) is 23.9 Å². The summed E-state index contributed by atoms with van der Waals surface area (Å²) in [5.74, 6) is 0.134. The second-order valence-corrected chi connectivity index (χ2v) is 5.11. The number of carbonyl (C=O) groups is 1. The van der Waals surface area contributed by atoms with Gasteiger partial charge in [0.15, 0.2) is 0 Å². The van der Waals surface area contributed by atoms with Crippen molar-refractivity contribution in [1.29, 1.82) is 0 Å². The first-order valence-corrected chi connectivity index (χ1v) is 6.87. The molecule has 0 aliphatic heterocycles. The minimum atomic E-state index is -0.445. The zero-order valence-electron chi connectivity index (χ0n) is 11.4. The van der Waals surface area contributed by atoms with E-state index in [2.05, 4.69) is 22.2 Å². The molecule has 0 spiro atoms. The van der Waals surface area contributed by atoms with Gasteiger partial charge in [-0.15, -0.1) is 0 Å². The van der Waals surface area contributed by atoms with Crippen molar-refractivity contribution in [3.63, 3.8) is 0 Å². The summed E-state index contributed by atoms with van der Waals surface area (Å²) < 4.78 is 0. The van der Waals surface area contributed by atoms with Gasteiger partial charge in [-0.05, 0) is 32.0 Å². The van der Waals surface area contributed by atoms with Crippen LogP contribution in [0.15, 0.2) is 18.3 Å². The van der Waals surface area contributed by atoms with Crippen molar-refractivity contribution in [2.75, 3.05) is 25.5 Å². The molecule has 1 amide bonds. The van der Waals surface area contributed by atoms with E-state index < -0.39 is 5.91 Å². The van der Waals surface area contributed by atoms with Gasteiger partial charge in [-0.2, -0.15) is 0 Å². The molecule has 1 aliphatic rings. The highest BCUT2D eigenvalue weighted by atomic mass is 16.1. The average Bonchev–Trinajstić information content (AvgIpc) is 2.93. The molecule has 2 rings (SSSR count). The number of likely N-dealkylation sites (N-methyl/N-ethyl adjacent to an activating group) is 1. The number of carbonyl (C=O) groups excluding carboxylic acids is 1. The molecule has 1 aromatic heterocycles. The number of hydrogen-bond acceptors (Lipinski definition) is 4. The Hall–Kier alpha value is -1.62. The van der Waals surface area contributed by atoms with Gasteiger partial charge in [0, 0.05) is 25.3 Å². The monoisotopic (exact) mass is 262 g/mol. The summed E-state index contributed by atoms with van der Waals surface area (Å²) in [4.78, 5) is 17.8. The third-order valence-electron chi connectivity index (χ3n) is 3.78. The maximum Gasteiger partial charge on any atom is 0.252 e. The van der Waals surface area contributed by atoms with Crippen molar-refractivity contribution in [1.82, 2.24) is 9.88 Å². The van der Waals surface area contributed by atoms with E-state index in [1.54, 1.807) is 18.3 Å². The first kappa shape index (κ1) is 13.8. The number of nitrogens with zero attached hydrogens (tertiary/aromatic N) is 2. The van der Waals surface area contributed by atoms with E-state index in [4.69, 9.17) is 5.73 Å². The Morgan fingerprint density at radius 2 is 2.26 bits per heavy atom. The number of hydrogen-bond donors (Lipinski definition) is 2. The number of amides is 1. The summed E-state index contributed by atoms with van der Waals surface area (Å²) >= 11 is 0. The number of primary amides is 1. The fourth-order valence-corrected chi connectivity index (χ4v) is 2.62. The van der Waals surface area contributed by atoms with Gasteiger partial charge in [0.1, 0.15) is 5.82 Å². The fourth-order valence-electron chi connectivity index (χ4n) is 2.62. The SMILES string of the molecule is CN(CCNc1ncccc1C(N)=O)C1CCCC1. The summed E-state index contributed by atoms with van der Waals surface area (Å²) in [5.41, 5.74) is 5.77. The molecule has 1 aliphatic carbocycles. The molecule has 1 heterocycles. The molecule has 0 unspecified atom stereocenters. The maximum absolute atomic E-state index is 11.3. The molecular weight excluding hydrogens is 240 g/mol. The highest BCUT2D eigenvalue weighted by molar-refractivity contribution is 5.97.